The summed E-state index contributed by atoms with van der Waals surface area (Å²) in [6, 6.07) is 4.42. The van der Waals surface area contributed by atoms with Crippen LogP contribution in [0.15, 0.2) is 23.1 Å². The number of rotatable bonds is 7. The average Bonchev–Trinajstić information content (AvgIpc) is 3.00. The summed E-state index contributed by atoms with van der Waals surface area (Å²) >= 11 is 6.22. The van der Waals surface area contributed by atoms with Crippen molar-refractivity contribution >= 4 is 27.5 Å². The van der Waals surface area contributed by atoms with Crippen LogP contribution in [0.5, 0.6) is 0 Å². The number of amides is 1. The van der Waals surface area contributed by atoms with Gasteiger partial charge in [0.05, 0.1) is 15.5 Å². The van der Waals surface area contributed by atoms with Gasteiger partial charge in [0.15, 0.2) is 0 Å². The van der Waals surface area contributed by atoms with Crippen LogP contribution in [-0.4, -0.2) is 62.8 Å². The Hall–Kier alpha value is -1.15. The first kappa shape index (κ1) is 23.5. The normalized spacial score (nSPS) is 20.1. The van der Waals surface area contributed by atoms with Crippen molar-refractivity contribution in [1.82, 2.24) is 14.5 Å². The quantitative estimate of drug-likeness (QED) is 0.635. The molecule has 2 heterocycles. The Balaban J connectivity index is 1.58. The third-order valence-corrected chi connectivity index (χ3v) is 8.42. The van der Waals surface area contributed by atoms with Crippen LogP contribution in [0.2, 0.25) is 5.02 Å². The first-order chi connectivity index (χ1) is 14.4. The molecule has 1 aromatic rings. The van der Waals surface area contributed by atoms with Crippen LogP contribution < -0.4 is 5.32 Å². The summed E-state index contributed by atoms with van der Waals surface area (Å²) in [6.45, 7) is 6.96. The van der Waals surface area contributed by atoms with Gasteiger partial charge in [-0.15, -0.1) is 0 Å². The maximum atomic E-state index is 13.0. The van der Waals surface area contributed by atoms with Gasteiger partial charge in [-0.25, -0.2) is 8.42 Å². The fourth-order valence-corrected chi connectivity index (χ4v) is 5.87. The molecule has 2 saturated heterocycles. The van der Waals surface area contributed by atoms with Crippen LogP contribution >= 0.6 is 11.6 Å². The van der Waals surface area contributed by atoms with E-state index in [1.54, 1.807) is 0 Å². The van der Waals surface area contributed by atoms with Crippen molar-refractivity contribution in [2.75, 3.05) is 39.3 Å². The van der Waals surface area contributed by atoms with Gasteiger partial charge in [-0.05, 0) is 75.9 Å². The number of nitrogens with one attached hydrogen (secondary N) is 1. The highest BCUT2D eigenvalue weighted by Crippen LogP contribution is 2.26. The Kier molecular flexibility index (Phi) is 8.57. The molecule has 1 amide bonds. The van der Waals surface area contributed by atoms with Crippen molar-refractivity contribution < 1.29 is 13.2 Å². The number of nitrogens with zero attached hydrogens (tertiary/aromatic N) is 2. The van der Waals surface area contributed by atoms with Gasteiger partial charge in [0, 0.05) is 19.6 Å². The molecular weight excluding hydrogens is 422 g/mol. The number of carbonyl (C=O) groups is 1. The van der Waals surface area contributed by atoms with Gasteiger partial charge in [-0.2, -0.15) is 4.31 Å². The number of halogens is 1. The van der Waals surface area contributed by atoms with Gasteiger partial charge in [-0.3, -0.25) is 4.79 Å². The van der Waals surface area contributed by atoms with E-state index in [1.807, 2.05) is 0 Å². The minimum absolute atomic E-state index is 0.135. The van der Waals surface area contributed by atoms with E-state index < -0.39 is 10.0 Å². The van der Waals surface area contributed by atoms with E-state index in [-0.39, 0.29) is 21.4 Å². The fraction of sp³-hybridized carbons (Fsp3) is 0.682. The van der Waals surface area contributed by atoms with Crippen LogP contribution in [0.1, 0.15) is 62.2 Å². The zero-order valence-corrected chi connectivity index (χ0v) is 19.5. The molecule has 6 nitrogen and oxygen atoms in total. The van der Waals surface area contributed by atoms with Crippen molar-refractivity contribution in [2.24, 2.45) is 5.92 Å². The van der Waals surface area contributed by atoms with Crippen LogP contribution in [0, 0.1) is 5.92 Å². The van der Waals surface area contributed by atoms with Crippen LogP contribution in [0.3, 0.4) is 0 Å². The molecule has 0 spiro atoms. The monoisotopic (exact) mass is 455 g/mol. The van der Waals surface area contributed by atoms with Gasteiger partial charge >= 0.3 is 0 Å². The molecule has 0 aliphatic carbocycles. The molecule has 2 aliphatic heterocycles. The van der Waals surface area contributed by atoms with Crippen molar-refractivity contribution in [3.05, 3.63) is 28.8 Å². The molecule has 0 saturated carbocycles. The predicted molar refractivity (Wildman–Crippen MR) is 120 cm³/mol. The van der Waals surface area contributed by atoms with Crippen molar-refractivity contribution in [2.45, 2.75) is 56.8 Å². The summed E-state index contributed by atoms with van der Waals surface area (Å²) in [6.07, 6.45) is 7.70. The van der Waals surface area contributed by atoms with E-state index in [0.717, 1.165) is 38.9 Å². The van der Waals surface area contributed by atoms with E-state index in [9.17, 15) is 13.2 Å². The molecule has 8 heteroatoms. The Morgan fingerprint density at radius 2 is 1.77 bits per heavy atom. The highest BCUT2D eigenvalue weighted by atomic mass is 35.5. The first-order valence-electron chi connectivity index (χ1n) is 11.2. The standard InChI is InChI=1S/C22H34ClN3O3S/c1-18-9-15-26(16-10-18)30(28,29)19-7-8-21(23)20(17-19)22(27)24-11-6-14-25-12-4-2-3-5-13-25/h7-8,17-18H,2-6,9-16H2,1H3,(H,24,27). The highest BCUT2D eigenvalue weighted by molar-refractivity contribution is 7.89. The molecule has 0 bridgehead atoms. The van der Waals surface area contributed by atoms with Crippen LogP contribution in [0.4, 0.5) is 0 Å². The lowest BCUT2D eigenvalue weighted by Gasteiger charge is -2.29. The molecule has 0 atom stereocenters. The summed E-state index contributed by atoms with van der Waals surface area (Å²) in [5, 5.41) is 3.17. The molecule has 1 N–H and O–H groups in total. The minimum atomic E-state index is -3.61. The molecule has 1 aromatic carbocycles. The van der Waals surface area contributed by atoms with Gasteiger partial charge in [0.2, 0.25) is 10.0 Å². The number of benzene rings is 1. The molecular formula is C22H34ClN3O3S. The molecule has 3 rings (SSSR count). The number of piperidine rings is 1. The van der Waals surface area contributed by atoms with E-state index >= 15 is 0 Å². The molecule has 0 radical (unpaired) electrons. The summed E-state index contributed by atoms with van der Waals surface area (Å²) in [5.41, 5.74) is 0.220. The number of hydrogen-bond acceptors (Lipinski definition) is 4. The summed E-state index contributed by atoms with van der Waals surface area (Å²) < 4.78 is 27.5. The zero-order valence-electron chi connectivity index (χ0n) is 17.9. The smallest absolute Gasteiger partial charge is 0.252 e. The lowest BCUT2D eigenvalue weighted by Crippen LogP contribution is -2.38. The van der Waals surface area contributed by atoms with Gasteiger partial charge < -0.3 is 10.2 Å². The predicted octanol–water partition coefficient (Wildman–Crippen LogP) is 3.76. The van der Waals surface area contributed by atoms with Crippen molar-refractivity contribution in [3.63, 3.8) is 0 Å². The topological polar surface area (TPSA) is 69.7 Å². The SMILES string of the molecule is CC1CCN(S(=O)(=O)c2ccc(Cl)c(C(=O)NCCCN3CCCCCC3)c2)CC1. The molecule has 168 valence electrons. The fourth-order valence-electron chi connectivity index (χ4n) is 4.17. The van der Waals surface area contributed by atoms with Crippen LogP contribution in [0.25, 0.3) is 0 Å². The Bertz CT molecular complexity index is 815. The zero-order chi connectivity index (χ0) is 21.6. The molecule has 0 aromatic heterocycles. The second-order valence-electron chi connectivity index (χ2n) is 8.59. The Morgan fingerprint density at radius 1 is 1.10 bits per heavy atom. The maximum absolute atomic E-state index is 13.0. The number of hydrogen-bond donors (Lipinski definition) is 1. The molecule has 30 heavy (non-hydrogen) atoms. The average molecular weight is 456 g/mol. The lowest BCUT2D eigenvalue weighted by molar-refractivity contribution is 0.0951. The summed E-state index contributed by atoms with van der Waals surface area (Å²) in [4.78, 5) is 15.2. The second kappa shape index (κ2) is 10.9. The third-order valence-electron chi connectivity index (χ3n) is 6.20. The van der Waals surface area contributed by atoms with Crippen molar-refractivity contribution in [3.8, 4) is 0 Å². The largest absolute Gasteiger partial charge is 0.352 e. The van der Waals surface area contributed by atoms with E-state index in [4.69, 9.17) is 11.6 Å². The molecule has 0 unspecified atom stereocenters. The summed E-state index contributed by atoms with van der Waals surface area (Å²) in [7, 11) is -3.61. The molecule has 2 aliphatic rings. The number of carbonyl (C=O) groups excluding carboxylic acids is 1. The van der Waals surface area contributed by atoms with E-state index in [1.165, 1.54) is 48.2 Å². The van der Waals surface area contributed by atoms with Gasteiger partial charge in [0.25, 0.3) is 5.91 Å². The Labute approximate surface area is 186 Å². The Morgan fingerprint density at radius 3 is 2.43 bits per heavy atom. The van der Waals surface area contributed by atoms with Crippen molar-refractivity contribution in [1.29, 1.82) is 0 Å². The van der Waals surface area contributed by atoms with E-state index in [2.05, 4.69) is 17.1 Å². The first-order valence-corrected chi connectivity index (χ1v) is 13.0. The lowest BCUT2D eigenvalue weighted by atomic mass is 10.0. The second-order valence-corrected chi connectivity index (χ2v) is 10.9. The van der Waals surface area contributed by atoms with Gasteiger partial charge in [0.1, 0.15) is 0 Å². The van der Waals surface area contributed by atoms with Gasteiger partial charge in [-0.1, -0.05) is 31.4 Å². The third kappa shape index (κ3) is 6.19. The minimum Gasteiger partial charge on any atom is -0.352 e. The number of sulfonamides is 1. The molecule has 2 fully saturated rings. The maximum Gasteiger partial charge on any atom is 0.252 e. The summed E-state index contributed by atoms with van der Waals surface area (Å²) in [5.74, 6) is 0.220. The van der Waals surface area contributed by atoms with E-state index in [0.29, 0.717) is 25.6 Å². The highest BCUT2D eigenvalue weighted by Gasteiger charge is 2.29. The number of likely N-dealkylation sites (tertiary alicyclic amines) is 1. The van der Waals surface area contributed by atoms with Crippen LogP contribution in [-0.2, 0) is 10.0 Å².